The molecule has 2 aliphatic heterocycles. The van der Waals surface area contributed by atoms with Crippen LogP contribution in [0.4, 0.5) is 0 Å². The molecule has 24 heavy (non-hydrogen) atoms. The van der Waals surface area contributed by atoms with Crippen LogP contribution in [0.15, 0.2) is 12.2 Å². The zero-order chi connectivity index (χ0) is 17.2. The van der Waals surface area contributed by atoms with Gasteiger partial charge in [0.15, 0.2) is 0 Å². The van der Waals surface area contributed by atoms with E-state index >= 15 is 0 Å². The second-order valence-corrected chi connectivity index (χ2v) is 7.89. The first-order valence-corrected chi connectivity index (χ1v) is 9.41. The fourth-order valence-electron chi connectivity index (χ4n) is 4.53. The van der Waals surface area contributed by atoms with Gasteiger partial charge < -0.3 is 14.7 Å². The molecule has 0 N–H and O–H groups in total. The van der Waals surface area contributed by atoms with Gasteiger partial charge >= 0.3 is 0 Å². The first-order chi connectivity index (χ1) is 11.5. The highest BCUT2D eigenvalue weighted by Crippen LogP contribution is 2.39. The maximum Gasteiger partial charge on any atom is 0.226 e. The lowest BCUT2D eigenvalue weighted by atomic mass is 9.87. The Kier molecular flexibility index (Phi) is 5.28. The van der Waals surface area contributed by atoms with E-state index in [2.05, 4.69) is 40.9 Å². The summed E-state index contributed by atoms with van der Waals surface area (Å²) in [6.45, 7) is 3.38. The molecule has 2 saturated heterocycles. The molecule has 0 saturated carbocycles. The Labute approximate surface area is 145 Å². The molecule has 5 heteroatoms. The zero-order valence-electron chi connectivity index (χ0n) is 15.2. The fourth-order valence-corrected chi connectivity index (χ4v) is 4.53. The summed E-state index contributed by atoms with van der Waals surface area (Å²) in [7, 11) is 4.10. The van der Waals surface area contributed by atoms with Crippen molar-refractivity contribution in [2.45, 2.75) is 50.5 Å². The van der Waals surface area contributed by atoms with Crippen LogP contribution in [0.2, 0.25) is 0 Å². The molecule has 134 valence electrons. The van der Waals surface area contributed by atoms with E-state index in [9.17, 15) is 9.59 Å². The Morgan fingerprint density at radius 2 is 1.96 bits per heavy atom. The highest BCUT2D eigenvalue weighted by atomic mass is 16.2. The third kappa shape index (κ3) is 3.51. The lowest BCUT2D eigenvalue weighted by Crippen LogP contribution is -2.49. The Morgan fingerprint density at radius 3 is 2.67 bits per heavy atom. The first-order valence-electron chi connectivity index (χ1n) is 9.41. The number of amides is 2. The molecule has 0 aromatic carbocycles. The Balaban J connectivity index is 1.64. The molecule has 0 bridgehead atoms. The summed E-state index contributed by atoms with van der Waals surface area (Å²) in [4.78, 5) is 31.5. The third-order valence-corrected chi connectivity index (χ3v) is 6.03. The average Bonchev–Trinajstić information content (AvgIpc) is 3.12. The van der Waals surface area contributed by atoms with Gasteiger partial charge in [0.05, 0.1) is 0 Å². The van der Waals surface area contributed by atoms with Gasteiger partial charge in [-0.3, -0.25) is 9.59 Å². The lowest BCUT2D eigenvalue weighted by Gasteiger charge is -2.39. The largest absolute Gasteiger partial charge is 0.342 e. The number of carbonyl (C=O) groups is 2. The summed E-state index contributed by atoms with van der Waals surface area (Å²) in [6.07, 6.45) is 10.7. The monoisotopic (exact) mass is 333 g/mol. The van der Waals surface area contributed by atoms with Crippen molar-refractivity contribution in [2.24, 2.45) is 5.92 Å². The van der Waals surface area contributed by atoms with Crippen LogP contribution >= 0.6 is 0 Å². The van der Waals surface area contributed by atoms with Gasteiger partial charge in [-0.1, -0.05) is 12.2 Å². The molecule has 3 rings (SSSR count). The summed E-state index contributed by atoms with van der Waals surface area (Å²) in [6, 6.07) is 0. The van der Waals surface area contributed by atoms with Crippen molar-refractivity contribution in [3.63, 3.8) is 0 Å². The molecule has 0 unspecified atom stereocenters. The number of rotatable bonds is 4. The van der Waals surface area contributed by atoms with Crippen molar-refractivity contribution in [3.8, 4) is 0 Å². The standard InChI is InChI=1S/C19H31N3O2/c1-20(2)14-15-22-17(23)8-10-19(22)9-5-12-21(13-11-19)18(24)16-6-3-4-7-16/h3-4,16H,5-15H2,1-2H3/t19-/m1/s1. The molecule has 2 fully saturated rings. The van der Waals surface area contributed by atoms with Gasteiger partial charge in [0, 0.05) is 44.1 Å². The van der Waals surface area contributed by atoms with E-state index in [-0.39, 0.29) is 11.5 Å². The van der Waals surface area contributed by atoms with Crippen LogP contribution in [0, 0.1) is 5.92 Å². The zero-order valence-corrected chi connectivity index (χ0v) is 15.2. The molecule has 0 radical (unpaired) electrons. The minimum Gasteiger partial charge on any atom is -0.342 e. The smallest absolute Gasteiger partial charge is 0.226 e. The number of hydrogen-bond donors (Lipinski definition) is 0. The summed E-state index contributed by atoms with van der Waals surface area (Å²) >= 11 is 0. The highest BCUT2D eigenvalue weighted by Gasteiger charge is 2.45. The van der Waals surface area contributed by atoms with Gasteiger partial charge in [0.25, 0.3) is 0 Å². The van der Waals surface area contributed by atoms with Crippen LogP contribution in [0.5, 0.6) is 0 Å². The number of allylic oxidation sites excluding steroid dienone is 2. The second-order valence-electron chi connectivity index (χ2n) is 7.89. The predicted molar refractivity (Wildman–Crippen MR) is 94.5 cm³/mol. The van der Waals surface area contributed by atoms with Gasteiger partial charge in [0.1, 0.15) is 0 Å². The SMILES string of the molecule is CN(C)CCN1C(=O)CC[C@@]12CCCN(C(=O)C1CC=CC1)CC2. The second kappa shape index (κ2) is 7.26. The lowest BCUT2D eigenvalue weighted by molar-refractivity contribution is -0.135. The molecule has 1 aliphatic carbocycles. The number of carbonyl (C=O) groups excluding carboxylic acids is 2. The molecule has 1 spiro atoms. The Morgan fingerprint density at radius 1 is 1.21 bits per heavy atom. The minimum atomic E-state index is -0.00392. The van der Waals surface area contributed by atoms with Crippen LogP contribution in [0.1, 0.15) is 44.9 Å². The first kappa shape index (κ1) is 17.5. The summed E-state index contributed by atoms with van der Waals surface area (Å²) < 4.78 is 0. The van der Waals surface area contributed by atoms with E-state index in [1.54, 1.807) is 0 Å². The van der Waals surface area contributed by atoms with E-state index in [4.69, 9.17) is 0 Å². The maximum atomic E-state index is 12.7. The number of likely N-dealkylation sites (tertiary alicyclic amines) is 2. The molecule has 0 aromatic heterocycles. The van der Waals surface area contributed by atoms with E-state index in [1.165, 1.54) is 0 Å². The minimum absolute atomic E-state index is 0.00392. The Hall–Kier alpha value is -1.36. The summed E-state index contributed by atoms with van der Waals surface area (Å²) in [5, 5.41) is 0. The Bertz CT molecular complexity index is 509. The summed E-state index contributed by atoms with van der Waals surface area (Å²) in [5.74, 6) is 0.784. The van der Waals surface area contributed by atoms with Gasteiger partial charge in [-0.25, -0.2) is 0 Å². The van der Waals surface area contributed by atoms with E-state index in [0.29, 0.717) is 18.2 Å². The van der Waals surface area contributed by atoms with Crippen molar-refractivity contribution < 1.29 is 9.59 Å². The number of likely N-dealkylation sites (N-methyl/N-ethyl adjacent to an activating group) is 1. The molecule has 0 aromatic rings. The van der Waals surface area contributed by atoms with Gasteiger partial charge in [0.2, 0.25) is 11.8 Å². The van der Waals surface area contributed by atoms with Gasteiger partial charge in [-0.05, 0) is 52.6 Å². The van der Waals surface area contributed by atoms with Crippen molar-refractivity contribution in [3.05, 3.63) is 12.2 Å². The normalized spacial score (nSPS) is 28.4. The number of hydrogen-bond acceptors (Lipinski definition) is 3. The molecule has 2 amide bonds. The van der Waals surface area contributed by atoms with Crippen LogP contribution in [0.25, 0.3) is 0 Å². The highest BCUT2D eigenvalue weighted by molar-refractivity contribution is 5.81. The predicted octanol–water partition coefficient (Wildman–Crippen LogP) is 1.89. The summed E-state index contributed by atoms with van der Waals surface area (Å²) in [5.41, 5.74) is -0.00392. The van der Waals surface area contributed by atoms with Crippen molar-refractivity contribution in [2.75, 3.05) is 40.3 Å². The average molecular weight is 333 g/mol. The molecule has 5 nitrogen and oxygen atoms in total. The molecule has 3 aliphatic rings. The van der Waals surface area contributed by atoms with Crippen LogP contribution < -0.4 is 0 Å². The topological polar surface area (TPSA) is 43.9 Å². The molecular weight excluding hydrogens is 302 g/mol. The van der Waals surface area contributed by atoms with Crippen molar-refractivity contribution in [1.82, 2.24) is 14.7 Å². The maximum absolute atomic E-state index is 12.7. The fraction of sp³-hybridized carbons (Fsp3) is 0.789. The van der Waals surface area contributed by atoms with Gasteiger partial charge in [-0.2, -0.15) is 0 Å². The van der Waals surface area contributed by atoms with E-state index < -0.39 is 0 Å². The van der Waals surface area contributed by atoms with Crippen molar-refractivity contribution >= 4 is 11.8 Å². The van der Waals surface area contributed by atoms with E-state index in [1.807, 2.05) is 0 Å². The van der Waals surface area contributed by atoms with Crippen LogP contribution in [-0.2, 0) is 9.59 Å². The van der Waals surface area contributed by atoms with Crippen molar-refractivity contribution in [1.29, 1.82) is 0 Å². The van der Waals surface area contributed by atoms with E-state index in [0.717, 1.165) is 64.7 Å². The molecule has 1 atom stereocenters. The molecular formula is C19H31N3O2. The third-order valence-electron chi connectivity index (χ3n) is 6.03. The van der Waals surface area contributed by atoms with Crippen LogP contribution in [-0.4, -0.2) is 72.3 Å². The van der Waals surface area contributed by atoms with Crippen LogP contribution in [0.3, 0.4) is 0 Å². The van der Waals surface area contributed by atoms with Gasteiger partial charge in [-0.15, -0.1) is 0 Å². The quantitative estimate of drug-likeness (QED) is 0.738. The molecule has 2 heterocycles. The number of nitrogens with zero attached hydrogens (tertiary/aromatic N) is 3.